The molecule has 0 radical (unpaired) electrons. The Hall–Kier alpha value is -0.580. The third kappa shape index (κ3) is 6.47. The lowest BCUT2D eigenvalue weighted by molar-refractivity contribution is 0.0767. The van der Waals surface area contributed by atoms with Gasteiger partial charge in [0.2, 0.25) is 0 Å². The number of aliphatic imine (C=N–C) groups is 1. The minimum atomic E-state index is -3.24. The van der Waals surface area contributed by atoms with Crippen molar-refractivity contribution in [2.45, 2.75) is 31.1 Å². The number of nitrogens with one attached hydrogen (secondary N) is 1. The second-order valence-electron chi connectivity index (χ2n) is 6.69. The van der Waals surface area contributed by atoms with Crippen molar-refractivity contribution in [2.24, 2.45) is 4.99 Å². The molecule has 0 aliphatic carbocycles. The first-order valence-electron chi connectivity index (χ1n) is 8.79. The highest BCUT2D eigenvalue weighted by Crippen LogP contribution is 2.29. The molecule has 27 heavy (non-hydrogen) atoms. The smallest absolute Gasteiger partial charge is 0.194 e. The van der Waals surface area contributed by atoms with Crippen LogP contribution < -0.4 is 5.32 Å². The number of guanidine groups is 1. The van der Waals surface area contributed by atoms with E-state index in [0.29, 0.717) is 50.1 Å². The van der Waals surface area contributed by atoms with Gasteiger partial charge in [-0.15, -0.1) is 24.0 Å². The predicted octanol–water partition coefficient (Wildman–Crippen LogP) is 2.95. The largest absolute Gasteiger partial charge is 0.381 e. The molecule has 1 heterocycles. The molecule has 0 bridgehead atoms. The fourth-order valence-electron chi connectivity index (χ4n) is 3.04. The van der Waals surface area contributed by atoms with Crippen molar-refractivity contribution >= 4 is 51.4 Å². The zero-order valence-electron chi connectivity index (χ0n) is 16.1. The van der Waals surface area contributed by atoms with E-state index in [2.05, 4.69) is 10.3 Å². The van der Waals surface area contributed by atoms with Crippen LogP contribution in [0.5, 0.6) is 0 Å². The molecular weight excluding hydrogens is 501 g/mol. The van der Waals surface area contributed by atoms with Gasteiger partial charge in [0.15, 0.2) is 15.8 Å². The minimum absolute atomic E-state index is 0. The molecule has 0 unspecified atom stereocenters. The maximum Gasteiger partial charge on any atom is 0.194 e. The predicted molar refractivity (Wildman–Crippen MR) is 122 cm³/mol. The van der Waals surface area contributed by atoms with Crippen LogP contribution in [0.3, 0.4) is 0 Å². The quantitative estimate of drug-likeness (QED) is 0.349. The van der Waals surface area contributed by atoms with Crippen LogP contribution in [0, 0.1) is 0 Å². The van der Waals surface area contributed by atoms with Crippen molar-refractivity contribution in [2.75, 3.05) is 39.6 Å². The summed E-state index contributed by atoms with van der Waals surface area (Å²) in [5, 5.41) is 3.94. The van der Waals surface area contributed by atoms with Gasteiger partial charge >= 0.3 is 0 Å². The fraction of sp³-hybridized carbons (Fsp3) is 0.611. The Labute approximate surface area is 184 Å². The van der Waals surface area contributed by atoms with E-state index in [1.165, 1.54) is 6.26 Å². The van der Waals surface area contributed by atoms with Gasteiger partial charge in [-0.05, 0) is 31.4 Å². The van der Waals surface area contributed by atoms with Gasteiger partial charge in [-0.25, -0.2) is 8.42 Å². The normalized spacial score (nSPS) is 17.1. The maximum atomic E-state index is 12.4. The molecule has 1 aromatic carbocycles. The number of hydrogen-bond donors (Lipinski definition) is 1. The van der Waals surface area contributed by atoms with E-state index in [1.807, 2.05) is 43.1 Å². The second kappa shape index (κ2) is 10.8. The van der Waals surface area contributed by atoms with Crippen LogP contribution in [-0.4, -0.2) is 63.6 Å². The molecule has 0 aromatic heterocycles. The highest BCUT2D eigenvalue weighted by Gasteiger charge is 2.42. The molecule has 1 N–H and O–H groups in total. The molecule has 1 aliphatic heterocycles. The van der Waals surface area contributed by atoms with E-state index in [4.69, 9.17) is 16.3 Å². The molecule has 1 aliphatic rings. The summed E-state index contributed by atoms with van der Waals surface area (Å²) < 4.78 is 29.3. The van der Waals surface area contributed by atoms with E-state index in [0.717, 1.165) is 5.56 Å². The molecule has 6 nitrogen and oxygen atoms in total. The summed E-state index contributed by atoms with van der Waals surface area (Å²) in [5.41, 5.74) is 0.992. The van der Waals surface area contributed by atoms with Crippen LogP contribution in [0.15, 0.2) is 29.3 Å². The van der Waals surface area contributed by atoms with E-state index in [9.17, 15) is 8.42 Å². The number of halogens is 2. The number of rotatable bonds is 6. The molecule has 1 aromatic rings. The summed E-state index contributed by atoms with van der Waals surface area (Å²) in [7, 11) is -1.33. The molecule has 154 valence electrons. The Bertz CT molecular complexity index is 737. The van der Waals surface area contributed by atoms with Gasteiger partial charge in [0.05, 0.1) is 11.3 Å². The van der Waals surface area contributed by atoms with E-state index in [1.54, 1.807) is 0 Å². The lowest BCUT2D eigenvalue weighted by atomic mass is 9.99. The first-order chi connectivity index (χ1) is 12.3. The average molecular weight is 530 g/mol. The number of ether oxygens (including phenoxy) is 1. The number of nitrogens with zero attached hydrogens (tertiary/aromatic N) is 2. The Balaban J connectivity index is 0.00000364. The van der Waals surface area contributed by atoms with Crippen LogP contribution in [0.2, 0.25) is 5.02 Å². The average Bonchev–Trinajstić information content (AvgIpc) is 2.60. The molecule has 1 fully saturated rings. The monoisotopic (exact) mass is 529 g/mol. The SMILES string of the molecule is CCNC(=NCC1(S(C)(=O)=O)CCOCC1)N(C)Cc1ccccc1Cl.I. The molecule has 0 atom stereocenters. The highest BCUT2D eigenvalue weighted by molar-refractivity contribution is 14.0. The Morgan fingerprint density at radius 3 is 2.52 bits per heavy atom. The van der Waals surface area contributed by atoms with Crippen LogP contribution >= 0.6 is 35.6 Å². The van der Waals surface area contributed by atoms with Crippen molar-refractivity contribution < 1.29 is 13.2 Å². The van der Waals surface area contributed by atoms with Gasteiger partial charge in [-0.2, -0.15) is 0 Å². The van der Waals surface area contributed by atoms with Crippen LogP contribution in [0.25, 0.3) is 0 Å². The van der Waals surface area contributed by atoms with Gasteiger partial charge < -0.3 is 15.0 Å². The van der Waals surface area contributed by atoms with E-state index >= 15 is 0 Å². The van der Waals surface area contributed by atoms with Crippen molar-refractivity contribution in [1.82, 2.24) is 10.2 Å². The summed E-state index contributed by atoms with van der Waals surface area (Å²) >= 11 is 6.25. The van der Waals surface area contributed by atoms with E-state index in [-0.39, 0.29) is 30.5 Å². The topological polar surface area (TPSA) is 71.0 Å². The highest BCUT2D eigenvalue weighted by atomic mass is 127. The molecule has 1 saturated heterocycles. The van der Waals surface area contributed by atoms with Crippen molar-refractivity contribution in [3.8, 4) is 0 Å². The molecule has 0 amide bonds. The molecule has 0 saturated carbocycles. The van der Waals surface area contributed by atoms with Crippen molar-refractivity contribution in [3.63, 3.8) is 0 Å². The summed E-state index contributed by atoms with van der Waals surface area (Å²) in [4.78, 5) is 6.61. The third-order valence-electron chi connectivity index (χ3n) is 4.77. The Kier molecular flexibility index (Phi) is 9.81. The zero-order valence-corrected chi connectivity index (χ0v) is 20.0. The van der Waals surface area contributed by atoms with Gasteiger partial charge in [0.1, 0.15) is 0 Å². The summed E-state index contributed by atoms with van der Waals surface area (Å²) in [6.07, 6.45) is 2.25. The van der Waals surface area contributed by atoms with Gasteiger partial charge in [0.25, 0.3) is 0 Å². The minimum Gasteiger partial charge on any atom is -0.381 e. The second-order valence-corrected chi connectivity index (χ2v) is 9.50. The Morgan fingerprint density at radius 1 is 1.33 bits per heavy atom. The molecule has 0 spiro atoms. The summed E-state index contributed by atoms with van der Waals surface area (Å²) in [6.45, 7) is 4.40. The Morgan fingerprint density at radius 2 is 1.96 bits per heavy atom. The molecule has 9 heteroatoms. The first kappa shape index (κ1) is 24.5. The zero-order chi connectivity index (χ0) is 19.2. The molecular formula is C18H29ClIN3O3S. The number of benzene rings is 1. The summed E-state index contributed by atoms with van der Waals surface area (Å²) in [5.74, 6) is 0.668. The molecule has 2 rings (SSSR count). The van der Waals surface area contributed by atoms with Crippen molar-refractivity contribution in [1.29, 1.82) is 0 Å². The van der Waals surface area contributed by atoms with Crippen molar-refractivity contribution in [3.05, 3.63) is 34.9 Å². The van der Waals surface area contributed by atoms with Gasteiger partial charge in [0, 0.05) is 44.6 Å². The van der Waals surface area contributed by atoms with Gasteiger partial charge in [-0.1, -0.05) is 29.8 Å². The van der Waals surface area contributed by atoms with Crippen LogP contribution in [0.4, 0.5) is 0 Å². The van der Waals surface area contributed by atoms with Gasteiger partial charge in [-0.3, -0.25) is 4.99 Å². The maximum absolute atomic E-state index is 12.4. The van der Waals surface area contributed by atoms with E-state index < -0.39 is 14.6 Å². The van der Waals surface area contributed by atoms with Crippen LogP contribution in [-0.2, 0) is 21.1 Å². The summed E-state index contributed by atoms with van der Waals surface area (Å²) in [6, 6.07) is 7.67. The lowest BCUT2D eigenvalue weighted by Gasteiger charge is -2.34. The lowest BCUT2D eigenvalue weighted by Crippen LogP contribution is -2.47. The number of hydrogen-bond acceptors (Lipinski definition) is 4. The third-order valence-corrected chi connectivity index (χ3v) is 7.25. The van der Waals surface area contributed by atoms with Crippen LogP contribution in [0.1, 0.15) is 25.3 Å². The standard InChI is InChI=1S/C18H28ClN3O3S.HI/c1-4-20-17(22(2)13-15-7-5-6-8-16(15)19)21-14-18(26(3,23)24)9-11-25-12-10-18;/h5-8H,4,9-14H2,1-3H3,(H,20,21);1H. The number of sulfone groups is 1. The first-order valence-corrected chi connectivity index (χ1v) is 11.1. The fourth-order valence-corrected chi connectivity index (χ4v) is 4.44.